The van der Waals surface area contributed by atoms with Gasteiger partial charge in [-0.1, -0.05) is 19.9 Å². The maximum absolute atomic E-state index is 5.76. The zero-order chi connectivity index (χ0) is 14.3. The molecule has 1 N–H and O–H groups in total. The molecule has 1 rings (SSSR count). The van der Waals surface area contributed by atoms with Crippen LogP contribution in [-0.4, -0.2) is 19.2 Å². The number of benzene rings is 1. The van der Waals surface area contributed by atoms with Crippen LogP contribution < -0.4 is 10.1 Å². The molecule has 0 saturated carbocycles. The second-order valence-electron chi connectivity index (χ2n) is 5.92. The Morgan fingerprint density at radius 1 is 1.05 bits per heavy atom. The average molecular weight is 263 g/mol. The van der Waals surface area contributed by atoms with Crippen molar-refractivity contribution in [3.05, 3.63) is 29.3 Å². The second-order valence-corrected chi connectivity index (χ2v) is 5.92. The van der Waals surface area contributed by atoms with Gasteiger partial charge >= 0.3 is 0 Å². The smallest absolute Gasteiger partial charge is 0.119 e. The maximum Gasteiger partial charge on any atom is 0.119 e. The van der Waals surface area contributed by atoms with Crippen molar-refractivity contribution in [1.82, 2.24) is 5.32 Å². The minimum atomic E-state index is 0.575. The van der Waals surface area contributed by atoms with E-state index < -0.39 is 0 Å². The van der Waals surface area contributed by atoms with Crippen LogP contribution in [0.1, 0.15) is 44.7 Å². The molecule has 0 amide bonds. The normalized spacial score (nSPS) is 12.7. The fourth-order valence-electron chi connectivity index (χ4n) is 1.96. The summed E-state index contributed by atoms with van der Waals surface area (Å²) >= 11 is 0. The summed E-state index contributed by atoms with van der Waals surface area (Å²) in [5.74, 6) is 1.76. The van der Waals surface area contributed by atoms with E-state index in [1.54, 1.807) is 0 Å². The van der Waals surface area contributed by atoms with E-state index in [4.69, 9.17) is 4.74 Å². The number of nitrogens with one attached hydrogen (secondary N) is 1. The van der Waals surface area contributed by atoms with E-state index in [0.29, 0.717) is 6.04 Å². The van der Waals surface area contributed by atoms with Crippen LogP contribution in [0.3, 0.4) is 0 Å². The van der Waals surface area contributed by atoms with Gasteiger partial charge in [-0.25, -0.2) is 0 Å². The van der Waals surface area contributed by atoms with Gasteiger partial charge in [0.15, 0.2) is 0 Å². The fraction of sp³-hybridized carbons (Fsp3) is 0.647. The third-order valence-corrected chi connectivity index (χ3v) is 3.52. The molecule has 1 unspecified atom stereocenters. The van der Waals surface area contributed by atoms with Gasteiger partial charge in [-0.3, -0.25) is 0 Å². The highest BCUT2D eigenvalue weighted by Gasteiger charge is 2.03. The number of rotatable bonds is 8. The van der Waals surface area contributed by atoms with Crippen LogP contribution >= 0.6 is 0 Å². The van der Waals surface area contributed by atoms with Crippen molar-refractivity contribution in [1.29, 1.82) is 0 Å². The third kappa shape index (κ3) is 6.63. The largest absolute Gasteiger partial charge is 0.492 e. The Bertz CT molecular complexity index is 374. The first-order chi connectivity index (χ1) is 8.99. The predicted molar refractivity (Wildman–Crippen MR) is 82.9 cm³/mol. The number of hydrogen-bond donors (Lipinski definition) is 1. The lowest BCUT2D eigenvalue weighted by atomic mass is 10.0. The van der Waals surface area contributed by atoms with Crippen molar-refractivity contribution in [3.63, 3.8) is 0 Å². The summed E-state index contributed by atoms with van der Waals surface area (Å²) in [7, 11) is 0. The van der Waals surface area contributed by atoms with Crippen LogP contribution in [0.25, 0.3) is 0 Å². The lowest BCUT2D eigenvalue weighted by Gasteiger charge is -2.15. The van der Waals surface area contributed by atoms with Crippen LogP contribution in [-0.2, 0) is 0 Å². The lowest BCUT2D eigenvalue weighted by molar-refractivity contribution is 0.302. The molecule has 2 heteroatoms. The summed E-state index contributed by atoms with van der Waals surface area (Å²) in [4.78, 5) is 0. The van der Waals surface area contributed by atoms with Crippen LogP contribution in [0.15, 0.2) is 18.2 Å². The summed E-state index contributed by atoms with van der Waals surface area (Å²) in [6.45, 7) is 12.7. The van der Waals surface area contributed by atoms with E-state index in [2.05, 4.69) is 52.1 Å². The molecular formula is C17H29NO. The van der Waals surface area contributed by atoms with Gasteiger partial charge in [0.1, 0.15) is 12.4 Å². The van der Waals surface area contributed by atoms with Crippen molar-refractivity contribution < 1.29 is 4.74 Å². The van der Waals surface area contributed by atoms with E-state index in [1.807, 2.05) is 6.07 Å². The third-order valence-electron chi connectivity index (χ3n) is 3.52. The Kier molecular flexibility index (Phi) is 6.93. The molecular weight excluding hydrogens is 234 g/mol. The molecule has 0 aliphatic rings. The Morgan fingerprint density at radius 3 is 2.42 bits per heavy atom. The van der Waals surface area contributed by atoms with Crippen LogP contribution in [0.4, 0.5) is 0 Å². The van der Waals surface area contributed by atoms with Gasteiger partial charge in [-0.2, -0.15) is 0 Å². The quantitative estimate of drug-likeness (QED) is 0.713. The van der Waals surface area contributed by atoms with Crippen LogP contribution in [0.2, 0.25) is 0 Å². The van der Waals surface area contributed by atoms with Crippen LogP contribution in [0, 0.1) is 19.8 Å². The molecule has 0 aliphatic heterocycles. The summed E-state index contributed by atoms with van der Waals surface area (Å²) in [6.07, 6.45) is 2.52. The molecule has 1 aromatic rings. The summed E-state index contributed by atoms with van der Waals surface area (Å²) in [5.41, 5.74) is 2.60. The average Bonchev–Trinajstić information content (AvgIpc) is 2.36. The molecule has 2 nitrogen and oxygen atoms in total. The monoisotopic (exact) mass is 263 g/mol. The van der Waals surface area contributed by atoms with Gasteiger partial charge in [0.25, 0.3) is 0 Å². The summed E-state index contributed by atoms with van der Waals surface area (Å²) in [5, 5.41) is 3.51. The standard InChI is InChI=1S/C17H29NO/c1-13(2)6-8-16(5)18-10-11-19-17-9-7-14(3)15(4)12-17/h7,9,12-13,16,18H,6,8,10-11H2,1-5H3. The van der Waals surface area contributed by atoms with Gasteiger partial charge in [0.2, 0.25) is 0 Å². The number of ether oxygens (including phenoxy) is 1. The molecule has 0 bridgehead atoms. The topological polar surface area (TPSA) is 21.3 Å². The first-order valence-corrected chi connectivity index (χ1v) is 7.42. The molecule has 0 radical (unpaired) electrons. The van der Waals surface area contributed by atoms with Gasteiger partial charge in [0.05, 0.1) is 0 Å². The minimum Gasteiger partial charge on any atom is -0.492 e. The first-order valence-electron chi connectivity index (χ1n) is 7.42. The van der Waals surface area contributed by atoms with Gasteiger partial charge in [-0.05, 0) is 62.8 Å². The molecule has 108 valence electrons. The Labute approximate surface area is 118 Å². The Balaban J connectivity index is 2.18. The van der Waals surface area contributed by atoms with E-state index in [-0.39, 0.29) is 0 Å². The molecule has 0 aliphatic carbocycles. The highest BCUT2D eigenvalue weighted by Crippen LogP contribution is 2.16. The molecule has 19 heavy (non-hydrogen) atoms. The van der Waals surface area contributed by atoms with Crippen LogP contribution in [0.5, 0.6) is 5.75 Å². The van der Waals surface area contributed by atoms with E-state index in [1.165, 1.54) is 24.0 Å². The summed E-state index contributed by atoms with van der Waals surface area (Å²) in [6, 6.07) is 6.84. The van der Waals surface area contributed by atoms with E-state index in [9.17, 15) is 0 Å². The minimum absolute atomic E-state index is 0.575. The zero-order valence-electron chi connectivity index (χ0n) is 13.1. The second kappa shape index (κ2) is 8.21. The van der Waals surface area contributed by atoms with E-state index in [0.717, 1.165) is 24.8 Å². The fourth-order valence-corrected chi connectivity index (χ4v) is 1.96. The lowest BCUT2D eigenvalue weighted by Crippen LogP contribution is -2.30. The molecule has 0 fully saturated rings. The van der Waals surface area contributed by atoms with Crippen molar-refractivity contribution in [2.24, 2.45) is 5.92 Å². The molecule has 1 atom stereocenters. The predicted octanol–water partition coefficient (Wildman–Crippen LogP) is 4.10. The highest BCUT2D eigenvalue weighted by atomic mass is 16.5. The Morgan fingerprint density at radius 2 is 1.79 bits per heavy atom. The maximum atomic E-state index is 5.76. The van der Waals surface area contributed by atoms with Crippen molar-refractivity contribution >= 4 is 0 Å². The SMILES string of the molecule is Cc1ccc(OCCNC(C)CCC(C)C)cc1C. The molecule has 0 aromatic heterocycles. The Hall–Kier alpha value is -1.02. The molecule has 0 saturated heterocycles. The van der Waals surface area contributed by atoms with Gasteiger partial charge < -0.3 is 10.1 Å². The van der Waals surface area contributed by atoms with E-state index >= 15 is 0 Å². The highest BCUT2D eigenvalue weighted by molar-refractivity contribution is 5.33. The zero-order valence-corrected chi connectivity index (χ0v) is 13.1. The number of aryl methyl sites for hydroxylation is 2. The van der Waals surface area contributed by atoms with Crippen molar-refractivity contribution in [3.8, 4) is 5.75 Å². The summed E-state index contributed by atoms with van der Waals surface area (Å²) < 4.78 is 5.76. The first kappa shape index (κ1) is 16.0. The molecule has 1 aromatic carbocycles. The molecule has 0 spiro atoms. The van der Waals surface area contributed by atoms with Crippen molar-refractivity contribution in [2.45, 2.75) is 53.5 Å². The van der Waals surface area contributed by atoms with Gasteiger partial charge in [0, 0.05) is 12.6 Å². The van der Waals surface area contributed by atoms with Gasteiger partial charge in [-0.15, -0.1) is 0 Å². The molecule has 0 heterocycles. The van der Waals surface area contributed by atoms with Crippen molar-refractivity contribution in [2.75, 3.05) is 13.2 Å². The number of hydrogen-bond acceptors (Lipinski definition) is 2.